The minimum atomic E-state index is -3.62. The molecule has 1 amide bonds. The molecule has 0 unspecified atom stereocenters. The zero-order valence-corrected chi connectivity index (χ0v) is 17.1. The zero-order valence-electron chi connectivity index (χ0n) is 14.8. The van der Waals surface area contributed by atoms with Gasteiger partial charge in [-0.05, 0) is 50.1 Å². The fraction of sp³-hybridized carbons (Fsp3) is 0.316. The number of rotatable bonds is 4. The number of hydrogen-bond donors (Lipinski definition) is 1. The molecule has 3 rings (SSSR count). The van der Waals surface area contributed by atoms with Gasteiger partial charge in [0.15, 0.2) is 0 Å². The summed E-state index contributed by atoms with van der Waals surface area (Å²) in [4.78, 5) is 12.9. The quantitative estimate of drug-likeness (QED) is 0.790. The van der Waals surface area contributed by atoms with E-state index in [4.69, 9.17) is 23.2 Å². The van der Waals surface area contributed by atoms with Crippen molar-refractivity contribution in [1.82, 2.24) is 4.31 Å². The fourth-order valence-electron chi connectivity index (χ4n) is 3.05. The Bertz CT molecular complexity index is 946. The molecule has 27 heavy (non-hydrogen) atoms. The highest BCUT2D eigenvalue weighted by atomic mass is 35.5. The lowest BCUT2D eigenvalue weighted by Crippen LogP contribution is -2.43. The van der Waals surface area contributed by atoms with E-state index in [1.165, 1.54) is 4.31 Å². The van der Waals surface area contributed by atoms with Crippen LogP contribution in [0.1, 0.15) is 18.4 Å². The van der Waals surface area contributed by atoms with Crippen molar-refractivity contribution in [1.29, 1.82) is 0 Å². The number of sulfonamides is 1. The molecule has 1 saturated heterocycles. The van der Waals surface area contributed by atoms with E-state index in [0.717, 1.165) is 5.56 Å². The van der Waals surface area contributed by atoms with Crippen LogP contribution >= 0.6 is 23.2 Å². The van der Waals surface area contributed by atoms with Gasteiger partial charge in [-0.1, -0.05) is 40.9 Å². The Balaban J connectivity index is 1.72. The summed E-state index contributed by atoms with van der Waals surface area (Å²) in [5.74, 6) is -0.648. The molecule has 0 radical (unpaired) electrons. The largest absolute Gasteiger partial charge is 0.326 e. The van der Waals surface area contributed by atoms with Gasteiger partial charge in [0.2, 0.25) is 15.9 Å². The molecule has 1 N–H and O–H groups in total. The van der Waals surface area contributed by atoms with Crippen LogP contribution in [-0.2, 0) is 14.8 Å². The molecule has 1 atom stereocenters. The third kappa shape index (κ3) is 4.63. The van der Waals surface area contributed by atoms with Gasteiger partial charge in [0, 0.05) is 18.8 Å². The maximum Gasteiger partial charge on any atom is 0.243 e. The molecule has 0 aromatic heterocycles. The third-order valence-electron chi connectivity index (χ3n) is 4.60. The van der Waals surface area contributed by atoms with Crippen LogP contribution in [0.5, 0.6) is 0 Å². The van der Waals surface area contributed by atoms with Crippen molar-refractivity contribution in [3.8, 4) is 0 Å². The molecule has 2 aromatic rings. The number of benzene rings is 2. The average Bonchev–Trinajstić information content (AvgIpc) is 2.65. The second kappa shape index (κ2) is 8.19. The molecule has 1 aliphatic rings. The summed E-state index contributed by atoms with van der Waals surface area (Å²) in [6, 6.07) is 11.6. The average molecular weight is 427 g/mol. The molecule has 5 nitrogen and oxygen atoms in total. The van der Waals surface area contributed by atoms with E-state index in [1.54, 1.807) is 42.5 Å². The molecule has 1 aliphatic heterocycles. The lowest BCUT2D eigenvalue weighted by atomic mass is 9.99. The van der Waals surface area contributed by atoms with Crippen molar-refractivity contribution in [3.05, 3.63) is 58.1 Å². The van der Waals surface area contributed by atoms with Crippen LogP contribution < -0.4 is 5.32 Å². The number of carbonyl (C=O) groups excluding carboxylic acids is 1. The summed E-state index contributed by atoms with van der Waals surface area (Å²) < 4.78 is 27.1. The Morgan fingerprint density at radius 1 is 1.11 bits per heavy atom. The first-order valence-corrected chi connectivity index (χ1v) is 10.8. The smallest absolute Gasteiger partial charge is 0.243 e. The number of hydrogen-bond acceptors (Lipinski definition) is 3. The second-order valence-corrected chi connectivity index (χ2v) is 9.39. The first-order chi connectivity index (χ1) is 12.8. The van der Waals surface area contributed by atoms with Crippen molar-refractivity contribution in [2.45, 2.75) is 24.7 Å². The van der Waals surface area contributed by atoms with E-state index >= 15 is 0 Å². The predicted molar refractivity (Wildman–Crippen MR) is 108 cm³/mol. The van der Waals surface area contributed by atoms with Crippen LogP contribution in [0.25, 0.3) is 0 Å². The van der Waals surface area contributed by atoms with Gasteiger partial charge in [-0.25, -0.2) is 8.42 Å². The van der Waals surface area contributed by atoms with E-state index in [2.05, 4.69) is 5.32 Å². The van der Waals surface area contributed by atoms with E-state index in [0.29, 0.717) is 35.1 Å². The van der Waals surface area contributed by atoms with Gasteiger partial charge in [0.1, 0.15) is 0 Å². The minimum Gasteiger partial charge on any atom is -0.326 e. The van der Waals surface area contributed by atoms with Crippen LogP contribution in [0.3, 0.4) is 0 Å². The van der Waals surface area contributed by atoms with Crippen LogP contribution in [0, 0.1) is 12.8 Å². The normalized spacial score (nSPS) is 18.3. The summed E-state index contributed by atoms with van der Waals surface area (Å²) in [6.45, 7) is 2.47. The maximum atomic E-state index is 12.9. The number of aryl methyl sites for hydroxylation is 1. The van der Waals surface area contributed by atoms with Gasteiger partial charge in [0.05, 0.1) is 20.9 Å². The molecule has 1 fully saturated rings. The molecule has 0 aliphatic carbocycles. The van der Waals surface area contributed by atoms with Crippen molar-refractivity contribution in [2.75, 3.05) is 18.4 Å². The highest BCUT2D eigenvalue weighted by Gasteiger charge is 2.33. The van der Waals surface area contributed by atoms with Gasteiger partial charge < -0.3 is 5.32 Å². The topological polar surface area (TPSA) is 66.5 Å². The molecule has 2 aromatic carbocycles. The third-order valence-corrected chi connectivity index (χ3v) is 7.22. The first-order valence-electron chi connectivity index (χ1n) is 8.60. The SMILES string of the molecule is Cc1ccc(S(=O)(=O)N2CCC[C@H](C(=O)Nc3ccc(Cl)c(Cl)c3)C2)cc1. The molecule has 0 bridgehead atoms. The van der Waals surface area contributed by atoms with Gasteiger partial charge >= 0.3 is 0 Å². The summed E-state index contributed by atoms with van der Waals surface area (Å²) in [7, 11) is -3.62. The first kappa shape index (κ1) is 20.1. The number of amides is 1. The number of anilines is 1. The van der Waals surface area contributed by atoms with Crippen molar-refractivity contribution >= 4 is 44.8 Å². The summed E-state index contributed by atoms with van der Waals surface area (Å²) in [5.41, 5.74) is 1.53. The van der Waals surface area contributed by atoms with Crippen molar-refractivity contribution in [3.63, 3.8) is 0 Å². The molecule has 8 heteroatoms. The zero-order chi connectivity index (χ0) is 19.6. The highest BCUT2D eigenvalue weighted by Crippen LogP contribution is 2.27. The summed E-state index contributed by atoms with van der Waals surface area (Å²) >= 11 is 11.9. The van der Waals surface area contributed by atoms with E-state index in [9.17, 15) is 13.2 Å². The molecule has 144 valence electrons. The summed E-state index contributed by atoms with van der Waals surface area (Å²) in [5, 5.41) is 3.55. The second-order valence-electron chi connectivity index (χ2n) is 6.63. The van der Waals surface area contributed by atoms with E-state index < -0.39 is 15.9 Å². The van der Waals surface area contributed by atoms with Gasteiger partial charge in [0.25, 0.3) is 0 Å². The number of carbonyl (C=O) groups is 1. The Morgan fingerprint density at radius 2 is 1.81 bits per heavy atom. The fourth-order valence-corrected chi connectivity index (χ4v) is 4.87. The highest BCUT2D eigenvalue weighted by molar-refractivity contribution is 7.89. The lowest BCUT2D eigenvalue weighted by Gasteiger charge is -2.31. The molecule has 0 saturated carbocycles. The van der Waals surface area contributed by atoms with Crippen molar-refractivity contribution < 1.29 is 13.2 Å². The number of halogens is 2. The van der Waals surface area contributed by atoms with Gasteiger partial charge in [-0.15, -0.1) is 0 Å². The maximum absolute atomic E-state index is 12.9. The summed E-state index contributed by atoms with van der Waals surface area (Å²) in [6.07, 6.45) is 1.26. The van der Waals surface area contributed by atoms with E-state index in [1.807, 2.05) is 6.92 Å². The molecule has 1 heterocycles. The number of nitrogens with one attached hydrogen (secondary N) is 1. The van der Waals surface area contributed by atoms with Gasteiger partial charge in [-0.3, -0.25) is 4.79 Å². The Kier molecular flexibility index (Phi) is 6.11. The Hall–Kier alpha value is -1.60. The molecule has 0 spiro atoms. The van der Waals surface area contributed by atoms with Crippen LogP contribution in [0.15, 0.2) is 47.4 Å². The van der Waals surface area contributed by atoms with E-state index in [-0.39, 0.29) is 17.3 Å². The lowest BCUT2D eigenvalue weighted by molar-refractivity contribution is -0.120. The Morgan fingerprint density at radius 3 is 2.48 bits per heavy atom. The standard InChI is InChI=1S/C19H20Cl2N2O3S/c1-13-4-7-16(8-5-13)27(25,26)23-10-2-3-14(12-23)19(24)22-15-6-9-17(20)18(21)11-15/h4-9,11,14H,2-3,10,12H2,1H3,(H,22,24)/t14-/m0/s1. The van der Waals surface area contributed by atoms with Crippen molar-refractivity contribution in [2.24, 2.45) is 5.92 Å². The van der Waals surface area contributed by atoms with Gasteiger partial charge in [-0.2, -0.15) is 4.31 Å². The number of piperidine rings is 1. The minimum absolute atomic E-state index is 0.156. The van der Waals surface area contributed by atoms with Crippen LogP contribution in [0.2, 0.25) is 10.0 Å². The monoisotopic (exact) mass is 426 g/mol. The van der Waals surface area contributed by atoms with Crippen LogP contribution in [-0.4, -0.2) is 31.7 Å². The Labute approximate surface area is 169 Å². The molecular formula is C19H20Cl2N2O3S. The molecular weight excluding hydrogens is 407 g/mol. The van der Waals surface area contributed by atoms with Crippen LogP contribution in [0.4, 0.5) is 5.69 Å². The predicted octanol–water partition coefficient (Wildman–Crippen LogP) is 4.34. The number of nitrogens with zero attached hydrogens (tertiary/aromatic N) is 1.